The van der Waals surface area contributed by atoms with Gasteiger partial charge in [-0.3, -0.25) is 4.79 Å². The number of nitrogens with zero attached hydrogens (tertiary/aromatic N) is 6. The van der Waals surface area contributed by atoms with E-state index in [2.05, 4.69) is 31.0 Å². The fraction of sp³-hybridized carbons (Fsp3) is 0.273. The third-order valence-electron chi connectivity index (χ3n) is 5.08. The van der Waals surface area contributed by atoms with Gasteiger partial charge < -0.3 is 9.84 Å². The molecule has 0 bridgehead atoms. The molecule has 156 valence electrons. The van der Waals surface area contributed by atoms with Crippen molar-refractivity contribution < 1.29 is 9.32 Å². The lowest BCUT2D eigenvalue weighted by Crippen LogP contribution is -2.11. The highest BCUT2D eigenvalue weighted by Gasteiger charge is 2.28. The molecule has 4 aromatic rings. The second kappa shape index (κ2) is 8.47. The van der Waals surface area contributed by atoms with Crippen molar-refractivity contribution in [3.63, 3.8) is 0 Å². The molecule has 1 aliphatic rings. The highest BCUT2D eigenvalue weighted by atomic mass is 16.5. The van der Waals surface area contributed by atoms with E-state index in [0.717, 1.165) is 35.5 Å². The third kappa shape index (κ3) is 4.50. The molecule has 9 nitrogen and oxygen atoms in total. The van der Waals surface area contributed by atoms with E-state index in [1.165, 1.54) is 0 Å². The molecule has 0 radical (unpaired) electrons. The van der Waals surface area contributed by atoms with E-state index < -0.39 is 0 Å². The summed E-state index contributed by atoms with van der Waals surface area (Å²) >= 11 is 0. The van der Waals surface area contributed by atoms with Crippen molar-refractivity contribution in [3.05, 3.63) is 60.5 Å². The van der Waals surface area contributed by atoms with Gasteiger partial charge in [-0.2, -0.15) is 4.98 Å². The zero-order chi connectivity index (χ0) is 21.0. The van der Waals surface area contributed by atoms with Crippen LogP contribution in [0.1, 0.15) is 37.6 Å². The van der Waals surface area contributed by atoms with Gasteiger partial charge in [0.2, 0.25) is 17.6 Å². The number of rotatable bonds is 8. The minimum absolute atomic E-state index is 0.0678. The van der Waals surface area contributed by atoms with Crippen LogP contribution in [0, 0.1) is 0 Å². The van der Waals surface area contributed by atoms with E-state index in [9.17, 15) is 4.79 Å². The number of nitrogens with one attached hydrogen (secondary N) is 1. The number of hydrogen-bond donors (Lipinski definition) is 1. The van der Waals surface area contributed by atoms with Crippen LogP contribution >= 0.6 is 0 Å². The van der Waals surface area contributed by atoms with Gasteiger partial charge in [-0.15, -0.1) is 5.10 Å². The molecule has 1 saturated carbocycles. The average molecular weight is 415 g/mol. The van der Waals surface area contributed by atoms with Crippen molar-refractivity contribution in [2.45, 2.75) is 38.1 Å². The molecule has 1 amide bonds. The van der Waals surface area contributed by atoms with Gasteiger partial charge in [-0.25, -0.2) is 4.68 Å². The fourth-order valence-electron chi connectivity index (χ4n) is 3.37. The third-order valence-corrected chi connectivity index (χ3v) is 5.08. The van der Waals surface area contributed by atoms with E-state index in [4.69, 9.17) is 4.52 Å². The summed E-state index contributed by atoms with van der Waals surface area (Å²) in [7, 11) is 0. The summed E-state index contributed by atoms with van der Waals surface area (Å²) in [6, 6.07) is 17.6. The first kappa shape index (κ1) is 19.1. The monoisotopic (exact) mass is 415 g/mol. The van der Waals surface area contributed by atoms with Gasteiger partial charge in [-0.1, -0.05) is 47.6 Å². The number of aromatic nitrogens is 6. The molecule has 5 rings (SSSR count). The van der Waals surface area contributed by atoms with Gasteiger partial charge in [0.05, 0.1) is 6.04 Å². The van der Waals surface area contributed by atoms with Crippen molar-refractivity contribution >= 4 is 11.6 Å². The van der Waals surface area contributed by atoms with Crippen LogP contribution in [0.5, 0.6) is 0 Å². The second-order valence-corrected chi connectivity index (χ2v) is 7.54. The summed E-state index contributed by atoms with van der Waals surface area (Å²) < 4.78 is 7.15. The van der Waals surface area contributed by atoms with E-state index in [0.29, 0.717) is 37.0 Å². The number of amides is 1. The number of carbonyl (C=O) groups excluding carboxylic acids is 1. The Balaban J connectivity index is 1.15. The molecule has 1 aliphatic carbocycles. The normalized spacial score (nSPS) is 13.3. The lowest BCUT2D eigenvalue weighted by Gasteiger charge is -2.07. The number of aryl methyl sites for hydroxylation is 1. The maximum absolute atomic E-state index is 12.4. The lowest BCUT2D eigenvalue weighted by atomic mass is 10.1. The largest absolute Gasteiger partial charge is 0.339 e. The molecule has 2 aromatic heterocycles. The van der Waals surface area contributed by atoms with Crippen molar-refractivity contribution in [3.8, 4) is 22.8 Å². The first-order valence-corrected chi connectivity index (χ1v) is 10.3. The molecule has 0 unspecified atom stereocenters. The summed E-state index contributed by atoms with van der Waals surface area (Å²) in [6.45, 7) is 0. The van der Waals surface area contributed by atoms with Crippen LogP contribution in [-0.4, -0.2) is 36.3 Å². The van der Waals surface area contributed by atoms with E-state index >= 15 is 0 Å². The van der Waals surface area contributed by atoms with E-state index in [1.54, 1.807) is 0 Å². The van der Waals surface area contributed by atoms with E-state index in [-0.39, 0.29) is 5.91 Å². The Labute approximate surface area is 178 Å². The smallest absolute Gasteiger partial charge is 0.226 e. The summed E-state index contributed by atoms with van der Waals surface area (Å²) in [6.07, 6.45) is 3.71. The molecule has 0 saturated heterocycles. The SMILES string of the molecule is O=C(CCCc1nc(-c2ccccc2)no1)Nc1cccc(-c2nnnn2C2CC2)c1. The zero-order valence-corrected chi connectivity index (χ0v) is 16.8. The number of benzene rings is 2. The van der Waals surface area contributed by atoms with Crippen molar-refractivity contribution in [1.29, 1.82) is 0 Å². The van der Waals surface area contributed by atoms with Crippen molar-refractivity contribution in [1.82, 2.24) is 30.3 Å². The Morgan fingerprint density at radius 2 is 1.94 bits per heavy atom. The molecule has 1 fully saturated rings. The summed E-state index contributed by atoms with van der Waals surface area (Å²) in [5.74, 6) is 1.75. The fourth-order valence-corrected chi connectivity index (χ4v) is 3.37. The maximum Gasteiger partial charge on any atom is 0.226 e. The lowest BCUT2D eigenvalue weighted by molar-refractivity contribution is -0.116. The molecule has 0 spiro atoms. The molecule has 1 N–H and O–H groups in total. The molecule has 9 heteroatoms. The van der Waals surface area contributed by atoms with Crippen molar-refractivity contribution in [2.24, 2.45) is 0 Å². The van der Waals surface area contributed by atoms with Gasteiger partial charge in [-0.05, 0) is 41.8 Å². The van der Waals surface area contributed by atoms with Crippen LogP contribution in [-0.2, 0) is 11.2 Å². The number of hydrogen-bond acceptors (Lipinski definition) is 7. The highest BCUT2D eigenvalue weighted by molar-refractivity contribution is 5.91. The summed E-state index contributed by atoms with van der Waals surface area (Å²) in [5.41, 5.74) is 2.51. The highest BCUT2D eigenvalue weighted by Crippen LogP contribution is 2.36. The standard InChI is InChI=1S/C22H21N7O2/c30-19(10-5-11-20-24-21(26-31-20)15-6-2-1-3-7-15)23-17-9-4-8-16(14-17)22-25-27-28-29(22)18-12-13-18/h1-4,6-9,14,18H,5,10-13H2,(H,23,30). The number of tetrazole rings is 1. The molecule has 2 heterocycles. The van der Waals surface area contributed by atoms with Crippen LogP contribution in [0.15, 0.2) is 59.1 Å². The Bertz CT molecular complexity index is 1180. The summed E-state index contributed by atoms with van der Waals surface area (Å²) in [4.78, 5) is 16.8. The predicted molar refractivity (Wildman–Crippen MR) is 113 cm³/mol. The van der Waals surface area contributed by atoms with Crippen molar-refractivity contribution in [2.75, 3.05) is 5.32 Å². The van der Waals surface area contributed by atoms with Gasteiger partial charge >= 0.3 is 0 Å². The number of carbonyl (C=O) groups is 1. The molecular formula is C22H21N7O2. The minimum Gasteiger partial charge on any atom is -0.339 e. The second-order valence-electron chi connectivity index (χ2n) is 7.54. The molecule has 0 aliphatic heterocycles. The number of anilines is 1. The maximum atomic E-state index is 12.4. The van der Waals surface area contributed by atoms with Crippen LogP contribution in [0.3, 0.4) is 0 Å². The Morgan fingerprint density at radius 3 is 2.77 bits per heavy atom. The topological polar surface area (TPSA) is 112 Å². The van der Waals surface area contributed by atoms with Crippen LogP contribution in [0.2, 0.25) is 0 Å². The molecule has 2 aromatic carbocycles. The molecule has 31 heavy (non-hydrogen) atoms. The Morgan fingerprint density at radius 1 is 1.10 bits per heavy atom. The first-order valence-electron chi connectivity index (χ1n) is 10.3. The quantitative estimate of drug-likeness (QED) is 0.467. The van der Waals surface area contributed by atoms with Crippen LogP contribution in [0.4, 0.5) is 5.69 Å². The molecule has 0 atom stereocenters. The molecular weight excluding hydrogens is 394 g/mol. The van der Waals surface area contributed by atoms with E-state index in [1.807, 2.05) is 59.3 Å². The first-order chi connectivity index (χ1) is 15.3. The van der Waals surface area contributed by atoms with Gasteiger partial charge in [0.1, 0.15) is 0 Å². The average Bonchev–Trinajstić information content (AvgIpc) is 3.32. The van der Waals surface area contributed by atoms with Gasteiger partial charge in [0, 0.05) is 29.7 Å². The Kier molecular flexibility index (Phi) is 5.22. The van der Waals surface area contributed by atoms with Crippen LogP contribution < -0.4 is 5.32 Å². The predicted octanol–water partition coefficient (Wildman–Crippen LogP) is 3.69. The van der Waals surface area contributed by atoms with Gasteiger partial charge in [0.15, 0.2) is 5.82 Å². The minimum atomic E-state index is -0.0678. The summed E-state index contributed by atoms with van der Waals surface area (Å²) in [5, 5.41) is 19.0. The van der Waals surface area contributed by atoms with Gasteiger partial charge in [0.25, 0.3) is 0 Å². The van der Waals surface area contributed by atoms with Crippen LogP contribution in [0.25, 0.3) is 22.8 Å². The zero-order valence-electron chi connectivity index (χ0n) is 16.8. The Hall–Kier alpha value is -3.88.